The fourth-order valence-corrected chi connectivity index (χ4v) is 2.17. The number of nitrogens with zero attached hydrogens (tertiary/aromatic N) is 2. The van der Waals surface area contributed by atoms with E-state index in [1.54, 1.807) is 4.68 Å². The Morgan fingerprint density at radius 2 is 1.95 bits per heavy atom. The van der Waals surface area contributed by atoms with Crippen molar-refractivity contribution in [2.45, 2.75) is 46.6 Å². The SMILES string of the molecule is Cc1nn(C)c(C)c1CC(=O)NC(CC(C)C)C(=O)O. The summed E-state index contributed by atoms with van der Waals surface area (Å²) in [7, 11) is 1.82. The molecule has 0 aliphatic rings. The number of hydrogen-bond donors (Lipinski definition) is 2. The highest BCUT2D eigenvalue weighted by Gasteiger charge is 2.22. The van der Waals surface area contributed by atoms with E-state index in [0.29, 0.717) is 6.42 Å². The number of aromatic nitrogens is 2. The Hall–Kier alpha value is -1.85. The Balaban J connectivity index is 2.73. The molecule has 1 unspecified atom stereocenters. The summed E-state index contributed by atoms with van der Waals surface area (Å²) in [5, 5.41) is 16.0. The molecular weight excluding hydrogens is 258 g/mol. The van der Waals surface area contributed by atoms with Crippen LogP contribution in [0.4, 0.5) is 0 Å². The molecule has 0 aliphatic carbocycles. The molecular formula is C14H23N3O3. The number of carboxylic acid groups (broad SMARTS) is 1. The number of carbonyl (C=O) groups is 2. The second-order valence-corrected chi connectivity index (χ2v) is 5.54. The molecule has 1 amide bonds. The summed E-state index contributed by atoms with van der Waals surface area (Å²) in [5.41, 5.74) is 2.59. The van der Waals surface area contributed by atoms with E-state index in [9.17, 15) is 9.59 Å². The number of carboxylic acids is 1. The van der Waals surface area contributed by atoms with Gasteiger partial charge in [-0.05, 0) is 26.2 Å². The molecule has 0 fully saturated rings. The molecule has 6 heteroatoms. The van der Waals surface area contributed by atoms with Crippen LogP contribution in [0, 0.1) is 19.8 Å². The number of hydrogen-bond acceptors (Lipinski definition) is 3. The van der Waals surface area contributed by atoms with E-state index in [-0.39, 0.29) is 18.2 Å². The third kappa shape index (κ3) is 4.08. The maximum Gasteiger partial charge on any atom is 0.326 e. The van der Waals surface area contributed by atoms with Crippen molar-refractivity contribution in [3.05, 3.63) is 17.0 Å². The summed E-state index contributed by atoms with van der Waals surface area (Å²) in [6.45, 7) is 7.60. The molecule has 6 nitrogen and oxygen atoms in total. The van der Waals surface area contributed by atoms with Crippen LogP contribution < -0.4 is 5.32 Å². The molecule has 0 saturated carbocycles. The zero-order chi connectivity index (χ0) is 15.4. The Morgan fingerprint density at radius 1 is 1.35 bits per heavy atom. The molecule has 0 radical (unpaired) electrons. The van der Waals surface area contributed by atoms with E-state index in [4.69, 9.17) is 5.11 Å². The van der Waals surface area contributed by atoms with Crippen LogP contribution in [0.2, 0.25) is 0 Å². The average Bonchev–Trinajstić information content (AvgIpc) is 2.54. The van der Waals surface area contributed by atoms with E-state index in [1.165, 1.54) is 0 Å². The molecule has 1 aromatic rings. The topological polar surface area (TPSA) is 84.2 Å². The van der Waals surface area contributed by atoms with E-state index in [2.05, 4.69) is 10.4 Å². The minimum atomic E-state index is -0.994. The smallest absolute Gasteiger partial charge is 0.326 e. The van der Waals surface area contributed by atoms with Crippen molar-refractivity contribution < 1.29 is 14.7 Å². The molecule has 20 heavy (non-hydrogen) atoms. The van der Waals surface area contributed by atoms with Crippen LogP contribution in [-0.2, 0) is 23.1 Å². The summed E-state index contributed by atoms with van der Waals surface area (Å²) in [5.74, 6) is -1.07. The third-order valence-electron chi connectivity index (χ3n) is 3.34. The van der Waals surface area contributed by atoms with Crippen LogP contribution in [0.3, 0.4) is 0 Å². The standard InChI is InChI=1S/C14H23N3O3/c1-8(2)6-12(14(19)20)15-13(18)7-11-9(3)16-17(5)10(11)4/h8,12H,6-7H2,1-5H3,(H,15,18)(H,19,20). The van der Waals surface area contributed by atoms with Gasteiger partial charge in [-0.1, -0.05) is 13.8 Å². The molecule has 0 aliphatic heterocycles. The van der Waals surface area contributed by atoms with Gasteiger partial charge in [0.15, 0.2) is 0 Å². The van der Waals surface area contributed by atoms with Gasteiger partial charge in [-0.3, -0.25) is 9.48 Å². The van der Waals surface area contributed by atoms with E-state index >= 15 is 0 Å². The van der Waals surface area contributed by atoms with Gasteiger partial charge in [-0.15, -0.1) is 0 Å². The second kappa shape index (κ2) is 6.54. The van der Waals surface area contributed by atoms with Gasteiger partial charge in [0.1, 0.15) is 6.04 Å². The van der Waals surface area contributed by atoms with E-state index in [1.807, 2.05) is 34.7 Å². The summed E-state index contributed by atoms with van der Waals surface area (Å²) in [6.07, 6.45) is 0.583. The summed E-state index contributed by atoms with van der Waals surface area (Å²) in [6, 6.07) is -0.834. The summed E-state index contributed by atoms with van der Waals surface area (Å²) < 4.78 is 1.72. The van der Waals surface area contributed by atoms with Crippen LogP contribution in [0.15, 0.2) is 0 Å². The lowest BCUT2D eigenvalue weighted by Crippen LogP contribution is -2.42. The quantitative estimate of drug-likeness (QED) is 0.820. The van der Waals surface area contributed by atoms with E-state index in [0.717, 1.165) is 17.0 Å². The lowest BCUT2D eigenvalue weighted by atomic mass is 10.0. The summed E-state index contributed by atoms with van der Waals surface area (Å²) >= 11 is 0. The Morgan fingerprint density at radius 3 is 2.35 bits per heavy atom. The number of rotatable bonds is 6. The first-order chi connectivity index (χ1) is 9.22. The molecule has 0 bridgehead atoms. The first kappa shape index (κ1) is 16.2. The lowest BCUT2D eigenvalue weighted by molar-refractivity contribution is -0.142. The molecule has 1 heterocycles. The normalized spacial score (nSPS) is 12.5. The van der Waals surface area contributed by atoms with Crippen molar-refractivity contribution in [2.24, 2.45) is 13.0 Å². The lowest BCUT2D eigenvalue weighted by Gasteiger charge is -2.16. The molecule has 1 aromatic heterocycles. The Labute approximate surface area is 119 Å². The van der Waals surface area contributed by atoms with Crippen LogP contribution in [-0.4, -0.2) is 32.8 Å². The first-order valence-corrected chi connectivity index (χ1v) is 6.73. The van der Waals surface area contributed by atoms with Crippen LogP contribution >= 0.6 is 0 Å². The van der Waals surface area contributed by atoms with Crippen molar-refractivity contribution in [3.63, 3.8) is 0 Å². The van der Waals surface area contributed by atoms with Gasteiger partial charge in [0.25, 0.3) is 0 Å². The van der Waals surface area contributed by atoms with Crippen LogP contribution in [0.1, 0.15) is 37.2 Å². The minimum absolute atomic E-state index is 0.160. The molecule has 112 valence electrons. The monoisotopic (exact) mass is 281 g/mol. The van der Waals surface area contributed by atoms with Gasteiger partial charge in [0, 0.05) is 18.3 Å². The van der Waals surface area contributed by atoms with E-state index < -0.39 is 12.0 Å². The zero-order valence-corrected chi connectivity index (χ0v) is 12.7. The first-order valence-electron chi connectivity index (χ1n) is 6.73. The van der Waals surface area contributed by atoms with Crippen molar-refractivity contribution in [3.8, 4) is 0 Å². The maximum atomic E-state index is 12.0. The fourth-order valence-electron chi connectivity index (χ4n) is 2.17. The van der Waals surface area contributed by atoms with Crippen molar-refractivity contribution in [1.82, 2.24) is 15.1 Å². The molecule has 0 saturated heterocycles. The van der Waals surface area contributed by atoms with Gasteiger partial charge in [-0.25, -0.2) is 4.79 Å². The number of carbonyl (C=O) groups excluding carboxylic acids is 1. The van der Waals surface area contributed by atoms with Crippen LogP contribution in [0.5, 0.6) is 0 Å². The second-order valence-electron chi connectivity index (χ2n) is 5.54. The predicted octanol–water partition coefficient (Wildman–Crippen LogP) is 1.19. The highest BCUT2D eigenvalue weighted by molar-refractivity contribution is 5.85. The molecule has 0 aromatic carbocycles. The Kier molecular flexibility index (Phi) is 5.30. The number of aryl methyl sites for hydroxylation is 2. The van der Waals surface area contributed by atoms with Gasteiger partial charge in [0.2, 0.25) is 5.91 Å². The van der Waals surface area contributed by atoms with Gasteiger partial charge in [0.05, 0.1) is 12.1 Å². The van der Waals surface area contributed by atoms with Crippen molar-refractivity contribution in [2.75, 3.05) is 0 Å². The van der Waals surface area contributed by atoms with Gasteiger partial charge < -0.3 is 10.4 Å². The average molecular weight is 281 g/mol. The number of aliphatic carboxylic acids is 1. The Bertz CT molecular complexity index is 506. The molecule has 1 rings (SSSR count). The largest absolute Gasteiger partial charge is 0.480 e. The number of amides is 1. The van der Waals surface area contributed by atoms with Crippen LogP contribution in [0.25, 0.3) is 0 Å². The van der Waals surface area contributed by atoms with Gasteiger partial charge >= 0.3 is 5.97 Å². The molecule has 0 spiro atoms. The maximum absolute atomic E-state index is 12.0. The molecule has 1 atom stereocenters. The van der Waals surface area contributed by atoms with Crippen molar-refractivity contribution >= 4 is 11.9 Å². The van der Waals surface area contributed by atoms with Gasteiger partial charge in [-0.2, -0.15) is 5.10 Å². The fraction of sp³-hybridized carbons (Fsp3) is 0.643. The predicted molar refractivity (Wildman–Crippen MR) is 75.4 cm³/mol. The zero-order valence-electron chi connectivity index (χ0n) is 12.7. The number of nitrogens with one attached hydrogen (secondary N) is 1. The highest BCUT2D eigenvalue weighted by Crippen LogP contribution is 2.13. The minimum Gasteiger partial charge on any atom is -0.480 e. The molecule has 2 N–H and O–H groups in total. The van der Waals surface area contributed by atoms with Crippen molar-refractivity contribution in [1.29, 1.82) is 0 Å². The third-order valence-corrected chi connectivity index (χ3v) is 3.34. The highest BCUT2D eigenvalue weighted by atomic mass is 16.4. The summed E-state index contributed by atoms with van der Waals surface area (Å²) in [4.78, 5) is 23.1.